The molecule has 0 heterocycles. The van der Waals surface area contributed by atoms with Crippen molar-refractivity contribution in [1.29, 1.82) is 0 Å². The van der Waals surface area contributed by atoms with Gasteiger partial charge in [-0.25, -0.2) is 0 Å². The van der Waals surface area contributed by atoms with E-state index in [1.165, 1.54) is 51.5 Å². The molecule has 1 N–H and O–H groups in total. The van der Waals surface area contributed by atoms with Crippen molar-refractivity contribution < 1.29 is 0 Å². The summed E-state index contributed by atoms with van der Waals surface area (Å²) in [5, 5.41) is 3.58. The van der Waals surface area contributed by atoms with E-state index in [0.29, 0.717) is 0 Å². The van der Waals surface area contributed by atoms with E-state index in [0.717, 1.165) is 17.9 Å². The minimum atomic E-state index is 0.724. The topological polar surface area (TPSA) is 12.0 Å². The fourth-order valence-corrected chi connectivity index (χ4v) is 2.80. The predicted molar refractivity (Wildman–Crippen MR) is 68.1 cm³/mol. The van der Waals surface area contributed by atoms with E-state index >= 15 is 0 Å². The average Bonchev–Trinajstić information content (AvgIpc) is 2.23. The third-order valence-corrected chi connectivity index (χ3v) is 3.80. The molecule has 1 nitrogen and oxygen atoms in total. The summed E-state index contributed by atoms with van der Waals surface area (Å²) < 4.78 is 0. The van der Waals surface area contributed by atoms with Gasteiger partial charge in [-0.1, -0.05) is 33.1 Å². The summed E-state index contributed by atoms with van der Waals surface area (Å²) in [5.74, 6) is 2.02. The summed E-state index contributed by atoms with van der Waals surface area (Å²) in [6.45, 7) is 8.18. The first-order valence-electron chi connectivity index (χ1n) is 6.95. The molecule has 0 aromatic rings. The maximum absolute atomic E-state index is 3.58. The number of hydrogen-bond donors (Lipinski definition) is 1. The molecule has 1 aliphatic rings. The maximum Gasteiger partial charge on any atom is 0.00388 e. The Labute approximate surface area is 96.0 Å². The third-order valence-electron chi connectivity index (χ3n) is 3.80. The van der Waals surface area contributed by atoms with Gasteiger partial charge in [0.1, 0.15) is 0 Å². The zero-order chi connectivity index (χ0) is 11.1. The van der Waals surface area contributed by atoms with Gasteiger partial charge in [-0.3, -0.25) is 0 Å². The Morgan fingerprint density at radius 1 is 1.33 bits per heavy atom. The monoisotopic (exact) mass is 211 g/mol. The molecule has 15 heavy (non-hydrogen) atoms. The molecule has 0 aromatic carbocycles. The molecule has 3 atom stereocenters. The molecule has 3 unspecified atom stereocenters. The first kappa shape index (κ1) is 13.0. The van der Waals surface area contributed by atoms with E-state index in [1.54, 1.807) is 0 Å². The molecule has 1 heteroatoms. The van der Waals surface area contributed by atoms with Crippen molar-refractivity contribution in [2.75, 3.05) is 6.54 Å². The molecule has 1 rings (SSSR count). The van der Waals surface area contributed by atoms with E-state index < -0.39 is 0 Å². The molecule has 0 radical (unpaired) electrons. The van der Waals surface area contributed by atoms with Crippen LogP contribution in [0.2, 0.25) is 0 Å². The number of nitrogens with one attached hydrogen (secondary N) is 1. The Morgan fingerprint density at radius 2 is 2.13 bits per heavy atom. The summed E-state index contributed by atoms with van der Waals surface area (Å²) in [5.41, 5.74) is 0. The van der Waals surface area contributed by atoms with Gasteiger partial charge in [0.05, 0.1) is 0 Å². The highest BCUT2D eigenvalue weighted by molar-refractivity contribution is 4.72. The summed E-state index contributed by atoms with van der Waals surface area (Å²) in [6, 6.07) is 0.724. The van der Waals surface area contributed by atoms with Gasteiger partial charge >= 0.3 is 0 Å². The number of hydrogen-bond acceptors (Lipinski definition) is 1. The fourth-order valence-electron chi connectivity index (χ4n) is 2.80. The fraction of sp³-hybridized carbons (Fsp3) is 1.00. The Balaban J connectivity index is 2.07. The largest absolute Gasteiger partial charge is 0.314 e. The zero-order valence-corrected chi connectivity index (χ0v) is 10.9. The molecule has 90 valence electrons. The Morgan fingerprint density at radius 3 is 2.80 bits per heavy atom. The first-order valence-corrected chi connectivity index (χ1v) is 6.95. The van der Waals surface area contributed by atoms with Crippen molar-refractivity contribution in [1.82, 2.24) is 5.32 Å². The Kier molecular flexibility index (Phi) is 6.31. The Bertz CT molecular complexity index is 155. The lowest BCUT2D eigenvalue weighted by atomic mass is 9.80. The van der Waals surface area contributed by atoms with Crippen LogP contribution in [-0.2, 0) is 0 Å². The van der Waals surface area contributed by atoms with Crippen LogP contribution in [0.4, 0.5) is 0 Å². The zero-order valence-electron chi connectivity index (χ0n) is 10.9. The van der Waals surface area contributed by atoms with Gasteiger partial charge < -0.3 is 5.32 Å². The second-order valence-electron chi connectivity index (χ2n) is 5.57. The van der Waals surface area contributed by atoms with E-state index in [-0.39, 0.29) is 0 Å². The summed E-state index contributed by atoms with van der Waals surface area (Å²) in [7, 11) is 0. The normalized spacial score (nSPS) is 29.0. The van der Waals surface area contributed by atoms with Gasteiger partial charge in [-0.15, -0.1) is 0 Å². The maximum atomic E-state index is 3.58. The second kappa shape index (κ2) is 7.27. The van der Waals surface area contributed by atoms with Crippen LogP contribution in [0.1, 0.15) is 65.7 Å². The molecule has 0 amide bonds. The van der Waals surface area contributed by atoms with Gasteiger partial charge in [0.2, 0.25) is 0 Å². The van der Waals surface area contributed by atoms with Crippen molar-refractivity contribution in [2.45, 2.75) is 71.8 Å². The summed E-state index contributed by atoms with van der Waals surface area (Å²) in [6.07, 6.45) is 10.00. The van der Waals surface area contributed by atoms with Gasteiger partial charge in [0, 0.05) is 6.04 Å². The quantitative estimate of drug-likeness (QED) is 0.700. The molecule has 0 spiro atoms. The summed E-state index contributed by atoms with van der Waals surface area (Å²) >= 11 is 0. The molecule has 0 aliphatic heterocycles. The molecule has 0 saturated heterocycles. The lowest BCUT2D eigenvalue weighted by Crippen LogP contribution is -2.27. The lowest BCUT2D eigenvalue weighted by molar-refractivity contribution is 0.258. The van der Waals surface area contributed by atoms with Crippen LogP contribution in [0.3, 0.4) is 0 Å². The van der Waals surface area contributed by atoms with Crippen LogP contribution in [0.15, 0.2) is 0 Å². The third kappa shape index (κ3) is 5.55. The van der Waals surface area contributed by atoms with Crippen LogP contribution in [0, 0.1) is 11.8 Å². The van der Waals surface area contributed by atoms with Gasteiger partial charge in [0.25, 0.3) is 0 Å². The first-order chi connectivity index (χ1) is 7.22. The molecule has 0 aromatic heterocycles. The van der Waals surface area contributed by atoms with E-state index in [2.05, 4.69) is 26.1 Å². The SMILES string of the molecule is CCCNC(C)CCC1CCCC(C)C1. The van der Waals surface area contributed by atoms with Crippen LogP contribution in [0.5, 0.6) is 0 Å². The molecular formula is C14H29N. The molecular weight excluding hydrogens is 182 g/mol. The van der Waals surface area contributed by atoms with Crippen LogP contribution in [-0.4, -0.2) is 12.6 Å². The van der Waals surface area contributed by atoms with Crippen LogP contribution in [0.25, 0.3) is 0 Å². The molecule has 1 aliphatic carbocycles. The van der Waals surface area contributed by atoms with Crippen molar-refractivity contribution in [3.05, 3.63) is 0 Å². The predicted octanol–water partition coefficient (Wildman–Crippen LogP) is 3.98. The smallest absolute Gasteiger partial charge is 0.00388 e. The van der Waals surface area contributed by atoms with Crippen LogP contribution >= 0.6 is 0 Å². The van der Waals surface area contributed by atoms with E-state index in [9.17, 15) is 0 Å². The van der Waals surface area contributed by atoms with Crippen molar-refractivity contribution >= 4 is 0 Å². The highest BCUT2D eigenvalue weighted by Gasteiger charge is 2.18. The Hall–Kier alpha value is -0.0400. The van der Waals surface area contributed by atoms with Crippen molar-refractivity contribution in [3.8, 4) is 0 Å². The van der Waals surface area contributed by atoms with Gasteiger partial charge in [-0.05, 0) is 51.0 Å². The minimum absolute atomic E-state index is 0.724. The summed E-state index contributed by atoms with van der Waals surface area (Å²) in [4.78, 5) is 0. The van der Waals surface area contributed by atoms with E-state index in [1.807, 2.05) is 0 Å². The van der Waals surface area contributed by atoms with Gasteiger partial charge in [-0.2, -0.15) is 0 Å². The molecule has 1 saturated carbocycles. The number of rotatable bonds is 6. The minimum Gasteiger partial charge on any atom is -0.314 e. The highest BCUT2D eigenvalue weighted by atomic mass is 14.9. The van der Waals surface area contributed by atoms with Crippen molar-refractivity contribution in [3.63, 3.8) is 0 Å². The lowest BCUT2D eigenvalue weighted by Gasteiger charge is -2.27. The van der Waals surface area contributed by atoms with Gasteiger partial charge in [0.15, 0.2) is 0 Å². The second-order valence-corrected chi connectivity index (χ2v) is 5.57. The molecule has 0 bridgehead atoms. The highest BCUT2D eigenvalue weighted by Crippen LogP contribution is 2.31. The van der Waals surface area contributed by atoms with Crippen molar-refractivity contribution in [2.24, 2.45) is 11.8 Å². The molecule has 1 fully saturated rings. The average molecular weight is 211 g/mol. The standard InChI is InChI=1S/C14H29N/c1-4-10-15-13(3)8-9-14-7-5-6-12(2)11-14/h12-15H,4-11H2,1-3H3. The van der Waals surface area contributed by atoms with E-state index in [4.69, 9.17) is 0 Å². The van der Waals surface area contributed by atoms with Crippen LogP contribution < -0.4 is 5.32 Å².